The number of hydrogen-bond donors (Lipinski definition) is 1. The minimum atomic E-state index is -3.77. The van der Waals surface area contributed by atoms with Crippen molar-refractivity contribution in [3.8, 4) is 10.6 Å². The molecule has 0 amide bonds. The largest absolute Gasteiger partial charge is 0.242 e. The maximum Gasteiger partial charge on any atom is 0.242 e. The van der Waals surface area contributed by atoms with Crippen LogP contribution in [0.15, 0.2) is 53.4 Å². The van der Waals surface area contributed by atoms with Crippen molar-refractivity contribution < 1.29 is 8.42 Å². The quantitative estimate of drug-likeness (QED) is 0.647. The first-order chi connectivity index (χ1) is 11.9. The number of aromatic nitrogens is 1. The Balaban J connectivity index is 1.82. The molecule has 0 bridgehead atoms. The molecule has 0 saturated heterocycles. The summed E-state index contributed by atoms with van der Waals surface area (Å²) < 4.78 is 27.6. The lowest BCUT2D eigenvalue weighted by atomic mass is 10.2. The molecule has 1 aromatic heterocycles. The van der Waals surface area contributed by atoms with Crippen molar-refractivity contribution in [3.05, 3.63) is 69.1 Å². The van der Waals surface area contributed by atoms with Crippen LogP contribution in [0.3, 0.4) is 0 Å². The van der Waals surface area contributed by atoms with E-state index < -0.39 is 10.0 Å². The van der Waals surface area contributed by atoms with Crippen molar-refractivity contribution in [3.63, 3.8) is 0 Å². The second-order valence-corrected chi connectivity index (χ2v) is 8.87. The van der Waals surface area contributed by atoms with E-state index in [9.17, 15) is 8.42 Å². The summed E-state index contributed by atoms with van der Waals surface area (Å²) in [6.07, 6.45) is 0. The molecule has 0 spiro atoms. The molecular formula is C17H14Cl2N2O2S2. The predicted octanol–water partition coefficient (Wildman–Crippen LogP) is 4.90. The summed E-state index contributed by atoms with van der Waals surface area (Å²) in [5.74, 6) is 0. The molecule has 0 aliphatic carbocycles. The molecule has 0 aliphatic rings. The highest BCUT2D eigenvalue weighted by atomic mass is 35.5. The van der Waals surface area contributed by atoms with Gasteiger partial charge in [0.05, 0.1) is 15.7 Å². The average Bonchev–Trinajstić information content (AvgIpc) is 2.97. The Labute approximate surface area is 160 Å². The van der Waals surface area contributed by atoms with Gasteiger partial charge >= 0.3 is 0 Å². The number of halogens is 2. The van der Waals surface area contributed by atoms with E-state index in [0.717, 1.165) is 21.1 Å². The summed E-state index contributed by atoms with van der Waals surface area (Å²) in [5, 5.41) is 1.07. The van der Waals surface area contributed by atoms with E-state index in [1.165, 1.54) is 17.4 Å². The average molecular weight is 413 g/mol. The van der Waals surface area contributed by atoms with Crippen molar-refractivity contribution in [1.29, 1.82) is 0 Å². The molecule has 0 unspecified atom stereocenters. The molecule has 0 atom stereocenters. The normalized spacial score (nSPS) is 11.6. The standard InChI is InChI=1S/C17H14Cl2N2O2S2/c1-11-14(24-17(21-11)12-6-3-2-4-7-12)10-20-25(22,23)15-9-5-8-13(18)16(15)19/h2-9,20H,10H2,1H3. The fraction of sp³-hybridized carbons (Fsp3) is 0.118. The van der Waals surface area contributed by atoms with Gasteiger partial charge in [-0.25, -0.2) is 18.1 Å². The van der Waals surface area contributed by atoms with Crippen LogP contribution in [-0.2, 0) is 16.6 Å². The van der Waals surface area contributed by atoms with Crippen LogP contribution in [0.4, 0.5) is 0 Å². The van der Waals surface area contributed by atoms with Crippen LogP contribution in [0.2, 0.25) is 10.0 Å². The van der Waals surface area contributed by atoms with E-state index in [0.29, 0.717) is 0 Å². The van der Waals surface area contributed by atoms with Gasteiger partial charge in [-0.05, 0) is 19.1 Å². The first-order valence-corrected chi connectivity index (χ1v) is 10.4. The van der Waals surface area contributed by atoms with E-state index in [-0.39, 0.29) is 21.5 Å². The lowest BCUT2D eigenvalue weighted by molar-refractivity contribution is 0.581. The Morgan fingerprint density at radius 2 is 1.80 bits per heavy atom. The molecule has 25 heavy (non-hydrogen) atoms. The highest BCUT2D eigenvalue weighted by Gasteiger charge is 2.20. The third kappa shape index (κ3) is 4.04. The molecule has 0 radical (unpaired) electrons. The number of nitrogens with one attached hydrogen (secondary N) is 1. The topological polar surface area (TPSA) is 59.1 Å². The maximum atomic E-state index is 12.5. The third-order valence-corrected chi connectivity index (χ3v) is 7.12. The molecule has 3 rings (SSSR count). The van der Waals surface area contributed by atoms with Gasteiger partial charge in [-0.3, -0.25) is 0 Å². The zero-order valence-corrected chi connectivity index (χ0v) is 16.3. The van der Waals surface area contributed by atoms with Crippen molar-refractivity contribution >= 4 is 44.6 Å². The van der Waals surface area contributed by atoms with E-state index in [1.54, 1.807) is 12.1 Å². The zero-order valence-electron chi connectivity index (χ0n) is 13.2. The number of benzene rings is 2. The SMILES string of the molecule is Cc1nc(-c2ccccc2)sc1CNS(=O)(=O)c1cccc(Cl)c1Cl. The molecule has 1 N–H and O–H groups in total. The van der Waals surface area contributed by atoms with Crippen LogP contribution in [0.25, 0.3) is 10.6 Å². The summed E-state index contributed by atoms with van der Waals surface area (Å²) in [7, 11) is -3.77. The van der Waals surface area contributed by atoms with Gasteiger partial charge in [-0.2, -0.15) is 0 Å². The molecule has 8 heteroatoms. The minimum absolute atomic E-state index is 0.0164. The summed E-state index contributed by atoms with van der Waals surface area (Å²) in [6.45, 7) is 2.00. The number of nitrogens with zero attached hydrogens (tertiary/aromatic N) is 1. The van der Waals surface area contributed by atoms with Crippen molar-refractivity contribution in [2.24, 2.45) is 0 Å². The zero-order chi connectivity index (χ0) is 18.0. The van der Waals surface area contributed by atoms with Gasteiger partial charge in [0.15, 0.2) is 0 Å². The van der Waals surface area contributed by atoms with Crippen molar-refractivity contribution in [1.82, 2.24) is 9.71 Å². The van der Waals surface area contributed by atoms with E-state index in [2.05, 4.69) is 9.71 Å². The number of hydrogen-bond acceptors (Lipinski definition) is 4. The lowest BCUT2D eigenvalue weighted by Crippen LogP contribution is -2.23. The van der Waals surface area contributed by atoms with E-state index >= 15 is 0 Å². The summed E-state index contributed by atoms with van der Waals surface area (Å²) in [4.78, 5) is 5.34. The lowest BCUT2D eigenvalue weighted by Gasteiger charge is -2.08. The van der Waals surface area contributed by atoms with Gasteiger partial charge in [0, 0.05) is 17.0 Å². The van der Waals surface area contributed by atoms with E-state index in [1.807, 2.05) is 37.3 Å². The number of thiazole rings is 1. The molecule has 4 nitrogen and oxygen atoms in total. The fourth-order valence-electron chi connectivity index (χ4n) is 2.23. The Morgan fingerprint density at radius 3 is 2.52 bits per heavy atom. The molecular weight excluding hydrogens is 399 g/mol. The van der Waals surface area contributed by atoms with Gasteiger partial charge in [0.1, 0.15) is 9.90 Å². The Kier molecular flexibility index (Phi) is 5.46. The first kappa shape index (κ1) is 18.4. The maximum absolute atomic E-state index is 12.5. The highest BCUT2D eigenvalue weighted by molar-refractivity contribution is 7.89. The molecule has 2 aromatic carbocycles. The number of sulfonamides is 1. The monoisotopic (exact) mass is 412 g/mol. The minimum Gasteiger partial charge on any atom is -0.241 e. The first-order valence-electron chi connectivity index (χ1n) is 7.34. The molecule has 130 valence electrons. The van der Waals surface area contributed by atoms with Crippen LogP contribution < -0.4 is 4.72 Å². The van der Waals surface area contributed by atoms with Gasteiger partial charge in [0.2, 0.25) is 10.0 Å². The molecule has 0 aliphatic heterocycles. The van der Waals surface area contributed by atoms with Crippen LogP contribution in [0, 0.1) is 6.92 Å². The van der Waals surface area contributed by atoms with Crippen molar-refractivity contribution in [2.75, 3.05) is 0 Å². The number of rotatable bonds is 5. The van der Waals surface area contributed by atoms with Gasteiger partial charge < -0.3 is 0 Å². The second kappa shape index (κ2) is 7.43. The second-order valence-electron chi connectivity index (χ2n) is 5.27. The molecule has 1 heterocycles. The predicted molar refractivity (Wildman–Crippen MR) is 103 cm³/mol. The van der Waals surface area contributed by atoms with Gasteiger partial charge in [0.25, 0.3) is 0 Å². The highest BCUT2D eigenvalue weighted by Crippen LogP contribution is 2.30. The molecule has 0 saturated carbocycles. The molecule has 3 aromatic rings. The van der Waals surface area contributed by atoms with Crippen LogP contribution in [0.1, 0.15) is 10.6 Å². The number of aryl methyl sites for hydroxylation is 1. The summed E-state index contributed by atoms with van der Waals surface area (Å²) in [5.41, 5.74) is 1.80. The summed E-state index contributed by atoms with van der Waals surface area (Å²) in [6, 6.07) is 14.3. The Morgan fingerprint density at radius 1 is 1.08 bits per heavy atom. The van der Waals surface area contributed by atoms with Crippen LogP contribution in [0.5, 0.6) is 0 Å². The summed E-state index contributed by atoms with van der Waals surface area (Å²) >= 11 is 13.4. The fourth-order valence-corrected chi connectivity index (χ4v) is 5.08. The molecule has 0 fully saturated rings. The van der Waals surface area contributed by atoms with Gasteiger partial charge in [-0.1, -0.05) is 59.6 Å². The van der Waals surface area contributed by atoms with E-state index in [4.69, 9.17) is 23.2 Å². The van der Waals surface area contributed by atoms with Gasteiger partial charge in [-0.15, -0.1) is 11.3 Å². The third-order valence-electron chi connectivity index (χ3n) is 3.54. The van der Waals surface area contributed by atoms with Crippen molar-refractivity contribution in [2.45, 2.75) is 18.4 Å². The Hall–Kier alpha value is -1.44. The van der Waals surface area contributed by atoms with Crippen LogP contribution >= 0.6 is 34.5 Å². The smallest absolute Gasteiger partial charge is 0.241 e. The Bertz CT molecular complexity index is 1000. The van der Waals surface area contributed by atoms with Crippen LogP contribution in [-0.4, -0.2) is 13.4 Å².